The second-order valence-electron chi connectivity index (χ2n) is 5.82. The second-order valence-corrected chi connectivity index (χ2v) is 7.32. The third kappa shape index (κ3) is 5.30. The molecule has 1 aliphatic carbocycles. The zero-order valence-electron chi connectivity index (χ0n) is 13.0. The lowest BCUT2D eigenvalue weighted by Crippen LogP contribution is -2.02. The molecule has 0 aromatic heterocycles. The van der Waals surface area contributed by atoms with Crippen molar-refractivity contribution in [3.05, 3.63) is 47.0 Å². The quantitative estimate of drug-likeness (QED) is 0.625. The molecule has 1 aliphatic rings. The first-order valence-electron chi connectivity index (χ1n) is 8.23. The normalized spacial score (nSPS) is 17.0. The largest absolute Gasteiger partial charge is 0.249 e. The third-order valence-corrected chi connectivity index (χ3v) is 5.54. The van der Waals surface area contributed by atoms with Crippen LogP contribution in [0.4, 0.5) is 0 Å². The Bertz CT molecular complexity index is 506. The summed E-state index contributed by atoms with van der Waals surface area (Å²) in [6, 6.07) is 9.77. The number of hydrogen-bond donors (Lipinski definition) is 0. The molecule has 0 saturated heterocycles. The molecule has 1 aromatic rings. The van der Waals surface area contributed by atoms with Gasteiger partial charge < -0.3 is 0 Å². The van der Waals surface area contributed by atoms with Crippen LogP contribution in [0, 0.1) is 5.92 Å². The van der Waals surface area contributed by atoms with Gasteiger partial charge in [-0.1, -0.05) is 50.8 Å². The maximum absolute atomic E-state index is 12.7. The van der Waals surface area contributed by atoms with Crippen molar-refractivity contribution >= 4 is 10.8 Å². The van der Waals surface area contributed by atoms with E-state index in [0.29, 0.717) is 5.92 Å². The summed E-state index contributed by atoms with van der Waals surface area (Å²) in [5.74, 6) is 0.642. The van der Waals surface area contributed by atoms with Gasteiger partial charge in [-0.2, -0.15) is 0 Å². The van der Waals surface area contributed by atoms with Crippen LogP contribution in [0.25, 0.3) is 0 Å². The summed E-state index contributed by atoms with van der Waals surface area (Å²) >= 11 is 0. The summed E-state index contributed by atoms with van der Waals surface area (Å²) < 4.78 is 12.7. The van der Waals surface area contributed by atoms with E-state index in [1.54, 1.807) is 0 Å². The Balaban J connectivity index is 2.16. The van der Waals surface area contributed by atoms with Crippen molar-refractivity contribution in [2.75, 3.05) is 0 Å². The van der Waals surface area contributed by atoms with E-state index in [4.69, 9.17) is 0 Å². The minimum atomic E-state index is -1.05. The van der Waals surface area contributed by atoms with E-state index in [9.17, 15) is 4.21 Å². The fraction of sp³-hybridized carbons (Fsp3) is 0.526. The van der Waals surface area contributed by atoms with Crippen LogP contribution in [0.3, 0.4) is 0 Å². The number of rotatable bonds is 6. The Labute approximate surface area is 131 Å². The minimum absolute atomic E-state index is 0.642. The Morgan fingerprint density at radius 1 is 1.24 bits per heavy atom. The van der Waals surface area contributed by atoms with Crippen molar-refractivity contribution in [1.82, 2.24) is 0 Å². The Hall–Kier alpha value is -1.11. The standard InChI is InChI=1S/C19H26OS/c1-2-3-12-19(16-15-17-10-6-4-7-11-17)21(20)18-13-8-5-9-14-18/h5,8-9,13-15,17H,2-4,6-7,10-12H2,1H3. The summed E-state index contributed by atoms with van der Waals surface area (Å²) in [4.78, 5) is 1.86. The van der Waals surface area contributed by atoms with Crippen LogP contribution in [0.15, 0.2) is 51.9 Å². The summed E-state index contributed by atoms with van der Waals surface area (Å²) in [5, 5.41) is 0. The molecule has 114 valence electrons. The van der Waals surface area contributed by atoms with Crippen LogP contribution in [-0.2, 0) is 10.8 Å². The first kappa shape index (κ1) is 16.3. The highest BCUT2D eigenvalue weighted by atomic mass is 32.2. The fourth-order valence-corrected chi connectivity index (χ4v) is 3.95. The molecule has 21 heavy (non-hydrogen) atoms. The third-order valence-electron chi connectivity index (χ3n) is 4.07. The van der Waals surface area contributed by atoms with Gasteiger partial charge in [0, 0.05) is 4.90 Å². The van der Waals surface area contributed by atoms with Gasteiger partial charge in [0.15, 0.2) is 0 Å². The SMILES string of the molecule is CCCCC(=C=CC1CCCCC1)S(=O)c1ccccc1. The lowest BCUT2D eigenvalue weighted by molar-refractivity contribution is 0.419. The van der Waals surface area contributed by atoms with Gasteiger partial charge >= 0.3 is 0 Å². The summed E-state index contributed by atoms with van der Waals surface area (Å²) in [5.41, 5.74) is 3.41. The first-order valence-corrected chi connectivity index (χ1v) is 9.38. The zero-order valence-corrected chi connectivity index (χ0v) is 13.8. The van der Waals surface area contributed by atoms with Gasteiger partial charge in [-0.3, -0.25) is 0 Å². The molecule has 0 N–H and O–H groups in total. The highest BCUT2D eigenvalue weighted by molar-refractivity contribution is 7.89. The molecule has 0 spiro atoms. The molecule has 1 saturated carbocycles. The zero-order chi connectivity index (χ0) is 14.9. The van der Waals surface area contributed by atoms with Crippen molar-refractivity contribution in [3.8, 4) is 0 Å². The van der Waals surface area contributed by atoms with E-state index in [1.807, 2.05) is 30.3 Å². The highest BCUT2D eigenvalue weighted by Gasteiger charge is 2.12. The minimum Gasteiger partial charge on any atom is -0.249 e. The topological polar surface area (TPSA) is 17.1 Å². The molecule has 2 heteroatoms. The van der Waals surface area contributed by atoms with Gasteiger partial charge in [-0.15, -0.1) is 5.73 Å². The summed E-state index contributed by atoms with van der Waals surface area (Å²) in [7, 11) is -1.05. The highest BCUT2D eigenvalue weighted by Crippen LogP contribution is 2.25. The van der Waals surface area contributed by atoms with Gasteiger partial charge in [0.25, 0.3) is 0 Å². The molecular formula is C19H26OS. The van der Waals surface area contributed by atoms with Crippen molar-refractivity contribution in [1.29, 1.82) is 0 Å². The molecule has 0 amide bonds. The molecule has 1 nitrogen and oxygen atoms in total. The van der Waals surface area contributed by atoms with Crippen LogP contribution >= 0.6 is 0 Å². The molecule has 0 heterocycles. The molecule has 1 unspecified atom stereocenters. The van der Waals surface area contributed by atoms with Gasteiger partial charge in [-0.25, -0.2) is 4.21 Å². The van der Waals surface area contributed by atoms with Crippen LogP contribution in [0.5, 0.6) is 0 Å². The molecule has 0 radical (unpaired) electrons. The monoisotopic (exact) mass is 302 g/mol. The predicted molar refractivity (Wildman–Crippen MR) is 90.5 cm³/mol. The number of hydrogen-bond acceptors (Lipinski definition) is 1. The van der Waals surface area contributed by atoms with Crippen molar-refractivity contribution in [2.24, 2.45) is 5.92 Å². The predicted octanol–water partition coefficient (Wildman–Crippen LogP) is 5.60. The molecular weight excluding hydrogens is 276 g/mol. The Morgan fingerprint density at radius 3 is 2.62 bits per heavy atom. The molecule has 2 rings (SSSR count). The van der Waals surface area contributed by atoms with E-state index in [1.165, 1.54) is 32.1 Å². The molecule has 1 fully saturated rings. The maximum atomic E-state index is 12.7. The molecule has 0 aliphatic heterocycles. The van der Waals surface area contributed by atoms with Gasteiger partial charge in [0.2, 0.25) is 0 Å². The number of unbranched alkanes of at least 4 members (excludes halogenated alkanes) is 1. The van der Waals surface area contributed by atoms with Gasteiger partial charge in [0.05, 0.1) is 15.7 Å². The second kappa shape index (κ2) is 9.02. The van der Waals surface area contributed by atoms with Gasteiger partial charge in [-0.05, 0) is 49.8 Å². The van der Waals surface area contributed by atoms with Crippen molar-refractivity contribution in [2.45, 2.75) is 63.2 Å². The lowest BCUT2D eigenvalue weighted by atomic mass is 9.89. The fourth-order valence-electron chi connectivity index (χ4n) is 2.75. The van der Waals surface area contributed by atoms with Crippen LogP contribution in [0.2, 0.25) is 0 Å². The number of allylic oxidation sites excluding steroid dienone is 1. The lowest BCUT2D eigenvalue weighted by Gasteiger charge is -2.16. The van der Waals surface area contributed by atoms with E-state index < -0.39 is 10.8 Å². The van der Waals surface area contributed by atoms with Crippen molar-refractivity contribution < 1.29 is 4.21 Å². The van der Waals surface area contributed by atoms with Crippen molar-refractivity contribution in [3.63, 3.8) is 0 Å². The summed E-state index contributed by atoms with van der Waals surface area (Å²) in [6.45, 7) is 2.17. The number of benzene rings is 1. The maximum Gasteiger partial charge on any atom is 0.0886 e. The smallest absolute Gasteiger partial charge is 0.0886 e. The van der Waals surface area contributed by atoms with E-state index >= 15 is 0 Å². The van der Waals surface area contributed by atoms with E-state index in [-0.39, 0.29) is 0 Å². The van der Waals surface area contributed by atoms with Gasteiger partial charge in [0.1, 0.15) is 0 Å². The Morgan fingerprint density at radius 2 is 1.95 bits per heavy atom. The van der Waals surface area contributed by atoms with E-state index in [0.717, 1.165) is 29.1 Å². The average Bonchev–Trinajstić information content (AvgIpc) is 2.56. The van der Waals surface area contributed by atoms with Crippen LogP contribution in [0.1, 0.15) is 58.3 Å². The van der Waals surface area contributed by atoms with E-state index in [2.05, 4.69) is 18.7 Å². The first-order chi connectivity index (χ1) is 10.3. The van der Waals surface area contributed by atoms with Crippen LogP contribution in [-0.4, -0.2) is 4.21 Å². The average molecular weight is 302 g/mol. The molecule has 1 atom stereocenters. The van der Waals surface area contributed by atoms with Crippen LogP contribution < -0.4 is 0 Å². The molecule has 1 aromatic carbocycles. The summed E-state index contributed by atoms with van der Waals surface area (Å²) in [6.07, 6.45) is 11.9. The molecule has 0 bridgehead atoms. The Kier molecular flexibility index (Phi) is 6.99.